The fourth-order valence-corrected chi connectivity index (χ4v) is 3.19. The van der Waals surface area contributed by atoms with Gasteiger partial charge in [-0.1, -0.05) is 17.7 Å². The van der Waals surface area contributed by atoms with Gasteiger partial charge < -0.3 is 19.9 Å². The summed E-state index contributed by atoms with van der Waals surface area (Å²) in [4.78, 5) is 9.48. The molecule has 0 aliphatic carbocycles. The highest BCUT2D eigenvalue weighted by Crippen LogP contribution is 2.37. The number of halogens is 1. The van der Waals surface area contributed by atoms with Gasteiger partial charge in [-0.25, -0.2) is 0 Å². The average molecular weight is 368 g/mol. The van der Waals surface area contributed by atoms with Crippen molar-refractivity contribution >= 4 is 29.8 Å². The molecular formula is C17H18ClNO4S. The van der Waals surface area contributed by atoms with Crippen LogP contribution < -0.4 is 14.8 Å². The third kappa shape index (κ3) is 5.06. The van der Waals surface area contributed by atoms with Crippen molar-refractivity contribution in [2.75, 3.05) is 19.4 Å². The Labute approximate surface area is 149 Å². The summed E-state index contributed by atoms with van der Waals surface area (Å²) in [6, 6.07) is 11.6. The summed E-state index contributed by atoms with van der Waals surface area (Å²) in [6.07, 6.45) is 0. The number of thioether (sulfide) groups is 1. The highest BCUT2D eigenvalue weighted by molar-refractivity contribution is 7.99. The third-order valence-corrected chi connectivity index (χ3v) is 4.37. The largest absolute Gasteiger partial charge is 0.492 e. The number of hydrogen-bond donors (Lipinski definition) is 2. The standard InChI is InChI=1S/C16H16ClNO2S.CH2O2/c1-18-10-11-2-3-12(17)8-15(11)20-13-4-5-14-16(9-13)21-7-6-19-14;2-1-3/h2-5,8-9,18H,6-7,10H2,1H3;1H,(H,2,3). The van der Waals surface area contributed by atoms with Crippen molar-refractivity contribution in [1.29, 1.82) is 0 Å². The van der Waals surface area contributed by atoms with Gasteiger partial charge in [0, 0.05) is 22.9 Å². The minimum absolute atomic E-state index is 0.250. The minimum Gasteiger partial charge on any atom is -0.492 e. The number of ether oxygens (including phenoxy) is 2. The van der Waals surface area contributed by atoms with Gasteiger partial charge >= 0.3 is 0 Å². The van der Waals surface area contributed by atoms with E-state index in [-0.39, 0.29) is 6.47 Å². The van der Waals surface area contributed by atoms with Crippen LogP contribution in [0.15, 0.2) is 41.3 Å². The van der Waals surface area contributed by atoms with Gasteiger partial charge in [0.15, 0.2) is 0 Å². The second kappa shape index (κ2) is 9.42. The Kier molecular flexibility index (Phi) is 7.24. The van der Waals surface area contributed by atoms with Gasteiger partial charge in [-0.2, -0.15) is 0 Å². The van der Waals surface area contributed by atoms with Crippen molar-refractivity contribution in [2.24, 2.45) is 0 Å². The summed E-state index contributed by atoms with van der Waals surface area (Å²) < 4.78 is 11.6. The first-order valence-corrected chi connectivity index (χ1v) is 8.62. The summed E-state index contributed by atoms with van der Waals surface area (Å²) in [5, 5.41) is 10.7. The van der Waals surface area contributed by atoms with E-state index in [4.69, 9.17) is 31.0 Å². The Morgan fingerprint density at radius 3 is 2.92 bits per heavy atom. The molecule has 128 valence electrons. The first-order chi connectivity index (χ1) is 11.7. The molecule has 0 fully saturated rings. The summed E-state index contributed by atoms with van der Waals surface area (Å²) in [5.41, 5.74) is 1.07. The van der Waals surface area contributed by atoms with E-state index in [9.17, 15) is 0 Å². The molecule has 0 aromatic heterocycles. The fraction of sp³-hybridized carbons (Fsp3) is 0.235. The van der Waals surface area contributed by atoms with Crippen LogP contribution in [0.5, 0.6) is 17.2 Å². The molecule has 0 bridgehead atoms. The summed E-state index contributed by atoms with van der Waals surface area (Å²) in [5.74, 6) is 3.48. The monoisotopic (exact) mass is 367 g/mol. The molecular weight excluding hydrogens is 350 g/mol. The molecule has 2 aromatic rings. The van der Waals surface area contributed by atoms with Gasteiger partial charge in [0.05, 0.1) is 11.5 Å². The maximum atomic E-state index is 8.36. The molecule has 24 heavy (non-hydrogen) atoms. The molecule has 1 aliphatic heterocycles. The zero-order chi connectivity index (χ0) is 17.4. The first kappa shape index (κ1) is 18.4. The topological polar surface area (TPSA) is 67.8 Å². The second-order valence-electron chi connectivity index (χ2n) is 4.80. The van der Waals surface area contributed by atoms with Gasteiger partial charge in [-0.05, 0) is 37.4 Å². The highest BCUT2D eigenvalue weighted by atomic mass is 35.5. The molecule has 0 amide bonds. The van der Waals surface area contributed by atoms with Gasteiger partial charge in [0.1, 0.15) is 17.2 Å². The Bertz CT molecular complexity index is 696. The van der Waals surface area contributed by atoms with Gasteiger partial charge in [-0.15, -0.1) is 11.8 Å². The lowest BCUT2D eigenvalue weighted by atomic mass is 10.2. The summed E-state index contributed by atoms with van der Waals surface area (Å²) >= 11 is 7.86. The maximum absolute atomic E-state index is 8.36. The quantitative estimate of drug-likeness (QED) is 0.795. The van der Waals surface area contributed by atoms with Crippen molar-refractivity contribution < 1.29 is 19.4 Å². The molecule has 0 saturated carbocycles. The van der Waals surface area contributed by atoms with Crippen LogP contribution in [0.1, 0.15) is 5.56 Å². The Morgan fingerprint density at radius 2 is 2.17 bits per heavy atom. The van der Waals surface area contributed by atoms with E-state index < -0.39 is 0 Å². The molecule has 0 unspecified atom stereocenters. The SMILES string of the molecule is CNCc1ccc(Cl)cc1Oc1ccc2c(c1)SCCO2.O=CO. The van der Waals surface area contributed by atoms with E-state index in [0.717, 1.165) is 46.6 Å². The van der Waals surface area contributed by atoms with Crippen LogP contribution in [0.3, 0.4) is 0 Å². The van der Waals surface area contributed by atoms with E-state index in [1.165, 1.54) is 0 Å². The molecule has 1 aliphatic rings. The molecule has 7 heteroatoms. The maximum Gasteiger partial charge on any atom is 0.290 e. The lowest BCUT2D eigenvalue weighted by molar-refractivity contribution is -0.122. The number of hydrogen-bond acceptors (Lipinski definition) is 5. The van der Waals surface area contributed by atoms with Crippen LogP contribution in [0.4, 0.5) is 0 Å². The number of benzene rings is 2. The lowest BCUT2D eigenvalue weighted by Crippen LogP contribution is -2.07. The zero-order valence-electron chi connectivity index (χ0n) is 13.1. The molecule has 0 saturated heterocycles. The predicted octanol–water partition coefficient (Wildman–Crippen LogP) is 4.04. The normalized spacial score (nSPS) is 12.2. The van der Waals surface area contributed by atoms with Crippen molar-refractivity contribution in [3.05, 3.63) is 47.0 Å². The van der Waals surface area contributed by atoms with Crippen molar-refractivity contribution in [3.63, 3.8) is 0 Å². The van der Waals surface area contributed by atoms with E-state index >= 15 is 0 Å². The molecule has 5 nitrogen and oxygen atoms in total. The van der Waals surface area contributed by atoms with Crippen molar-refractivity contribution in [3.8, 4) is 17.2 Å². The van der Waals surface area contributed by atoms with E-state index in [0.29, 0.717) is 5.02 Å². The van der Waals surface area contributed by atoms with Crippen molar-refractivity contribution in [1.82, 2.24) is 5.32 Å². The smallest absolute Gasteiger partial charge is 0.290 e. The van der Waals surface area contributed by atoms with E-state index in [1.54, 1.807) is 11.8 Å². The summed E-state index contributed by atoms with van der Waals surface area (Å²) in [7, 11) is 1.91. The first-order valence-electron chi connectivity index (χ1n) is 7.26. The minimum atomic E-state index is -0.250. The molecule has 0 radical (unpaired) electrons. The molecule has 1 heterocycles. The zero-order valence-corrected chi connectivity index (χ0v) is 14.7. The molecule has 2 N–H and O–H groups in total. The van der Waals surface area contributed by atoms with E-state index in [2.05, 4.69) is 5.32 Å². The average Bonchev–Trinajstić information content (AvgIpc) is 2.58. The number of fused-ring (bicyclic) bond motifs is 1. The Balaban J connectivity index is 0.000000647. The Hall–Kier alpha value is -1.89. The van der Waals surface area contributed by atoms with Crippen LogP contribution in [0.2, 0.25) is 5.02 Å². The van der Waals surface area contributed by atoms with Crippen LogP contribution in [-0.2, 0) is 11.3 Å². The third-order valence-electron chi connectivity index (χ3n) is 3.14. The van der Waals surface area contributed by atoms with Gasteiger partial charge in [-0.3, -0.25) is 4.79 Å². The second-order valence-corrected chi connectivity index (χ2v) is 6.37. The lowest BCUT2D eigenvalue weighted by Gasteiger charge is -2.18. The molecule has 0 atom stereocenters. The van der Waals surface area contributed by atoms with Crippen LogP contribution in [0.25, 0.3) is 0 Å². The number of carboxylic acid groups (broad SMARTS) is 1. The number of nitrogens with one attached hydrogen (secondary N) is 1. The Morgan fingerprint density at radius 1 is 1.38 bits per heavy atom. The van der Waals surface area contributed by atoms with Crippen LogP contribution >= 0.6 is 23.4 Å². The van der Waals surface area contributed by atoms with Crippen LogP contribution in [-0.4, -0.2) is 31.0 Å². The number of carbonyl (C=O) groups is 1. The molecule has 3 rings (SSSR count). The highest BCUT2D eigenvalue weighted by Gasteiger charge is 2.13. The van der Waals surface area contributed by atoms with Gasteiger partial charge in [0.2, 0.25) is 0 Å². The fourth-order valence-electron chi connectivity index (χ4n) is 2.17. The molecule has 2 aromatic carbocycles. The van der Waals surface area contributed by atoms with Gasteiger partial charge in [0.25, 0.3) is 6.47 Å². The predicted molar refractivity (Wildman–Crippen MR) is 95.6 cm³/mol. The van der Waals surface area contributed by atoms with E-state index in [1.807, 2.05) is 43.4 Å². The van der Waals surface area contributed by atoms with Crippen LogP contribution in [0, 0.1) is 0 Å². The number of rotatable bonds is 4. The molecule has 0 spiro atoms. The van der Waals surface area contributed by atoms with Crippen molar-refractivity contribution in [2.45, 2.75) is 11.4 Å². The summed E-state index contributed by atoms with van der Waals surface area (Å²) in [6.45, 7) is 1.24.